The predicted molar refractivity (Wildman–Crippen MR) is 67.4 cm³/mol. The Hall–Kier alpha value is -0.580. The minimum Gasteiger partial charge on any atom is -0.352 e. The molecule has 0 fully saturated rings. The maximum Gasteiger partial charge on any atom is 0.251 e. The highest BCUT2D eigenvalue weighted by molar-refractivity contribution is 9.10. The minimum atomic E-state index is -0.0558. The van der Waals surface area contributed by atoms with Crippen molar-refractivity contribution in [2.75, 3.05) is 13.1 Å². The first-order chi connectivity index (χ1) is 6.74. The van der Waals surface area contributed by atoms with Gasteiger partial charge in [-0.1, -0.05) is 22.0 Å². The van der Waals surface area contributed by atoms with Crippen molar-refractivity contribution in [3.63, 3.8) is 0 Å². The molecule has 0 aliphatic heterocycles. The third-order valence-electron chi connectivity index (χ3n) is 1.75. The number of amides is 1. The summed E-state index contributed by atoms with van der Waals surface area (Å²) in [6.07, 6.45) is 0.805. The molecule has 1 aromatic rings. The average molecular weight is 294 g/mol. The standard InChI is InChI=1S/C10H13BrN2O.ClH/c11-9-4-1-3-8(7-9)10(14)13-6-2-5-12;/h1,3-4,7H,2,5-6,12H2,(H,13,14);1H. The summed E-state index contributed by atoms with van der Waals surface area (Å²) in [5.41, 5.74) is 5.98. The highest BCUT2D eigenvalue weighted by atomic mass is 79.9. The van der Waals surface area contributed by atoms with Crippen molar-refractivity contribution in [2.45, 2.75) is 6.42 Å². The Bertz CT molecular complexity index is 320. The van der Waals surface area contributed by atoms with E-state index in [2.05, 4.69) is 21.2 Å². The maximum absolute atomic E-state index is 11.5. The Morgan fingerprint density at radius 2 is 2.20 bits per heavy atom. The van der Waals surface area contributed by atoms with Gasteiger partial charge in [0.2, 0.25) is 0 Å². The van der Waals surface area contributed by atoms with Crippen LogP contribution in [0.1, 0.15) is 16.8 Å². The molecule has 1 rings (SSSR count). The van der Waals surface area contributed by atoms with Gasteiger partial charge in [-0.3, -0.25) is 4.79 Å². The summed E-state index contributed by atoms with van der Waals surface area (Å²) < 4.78 is 0.906. The van der Waals surface area contributed by atoms with Gasteiger partial charge in [-0.15, -0.1) is 12.4 Å². The summed E-state index contributed by atoms with van der Waals surface area (Å²) in [7, 11) is 0. The molecule has 0 heterocycles. The van der Waals surface area contributed by atoms with E-state index in [1.165, 1.54) is 0 Å². The van der Waals surface area contributed by atoms with Crippen molar-refractivity contribution in [2.24, 2.45) is 5.73 Å². The SMILES string of the molecule is Cl.NCCCNC(=O)c1cccc(Br)c1. The normalized spacial score (nSPS) is 9.20. The fraction of sp³-hybridized carbons (Fsp3) is 0.300. The second kappa shape index (κ2) is 7.68. The molecule has 0 unspecified atom stereocenters. The Kier molecular flexibility index (Phi) is 7.38. The number of hydrogen-bond donors (Lipinski definition) is 2. The Morgan fingerprint density at radius 1 is 1.47 bits per heavy atom. The van der Waals surface area contributed by atoms with Crippen molar-refractivity contribution in [3.05, 3.63) is 34.3 Å². The summed E-state index contributed by atoms with van der Waals surface area (Å²) in [4.78, 5) is 11.5. The highest BCUT2D eigenvalue weighted by Crippen LogP contribution is 2.11. The van der Waals surface area contributed by atoms with Crippen LogP contribution >= 0.6 is 28.3 Å². The summed E-state index contributed by atoms with van der Waals surface area (Å²) in [5, 5.41) is 2.79. The van der Waals surface area contributed by atoms with Gasteiger partial charge in [-0.25, -0.2) is 0 Å². The lowest BCUT2D eigenvalue weighted by Gasteiger charge is -2.03. The number of nitrogens with one attached hydrogen (secondary N) is 1. The molecule has 0 aromatic heterocycles. The first-order valence-corrected chi connectivity index (χ1v) is 5.27. The van der Waals surface area contributed by atoms with E-state index in [4.69, 9.17) is 5.73 Å². The zero-order chi connectivity index (χ0) is 10.4. The zero-order valence-corrected chi connectivity index (χ0v) is 10.6. The van der Waals surface area contributed by atoms with Crippen LogP contribution in [0.25, 0.3) is 0 Å². The number of halogens is 2. The van der Waals surface area contributed by atoms with Crippen molar-refractivity contribution in [3.8, 4) is 0 Å². The molecule has 0 saturated heterocycles. The third kappa shape index (κ3) is 5.16. The van der Waals surface area contributed by atoms with E-state index >= 15 is 0 Å². The molecule has 0 saturated carbocycles. The molecule has 0 aliphatic carbocycles. The van der Waals surface area contributed by atoms with Crippen LogP contribution in [0.4, 0.5) is 0 Å². The van der Waals surface area contributed by atoms with E-state index in [1.54, 1.807) is 12.1 Å². The van der Waals surface area contributed by atoms with Crippen LogP contribution in [0.15, 0.2) is 28.7 Å². The first kappa shape index (κ1) is 14.4. The number of carbonyl (C=O) groups is 1. The monoisotopic (exact) mass is 292 g/mol. The fourth-order valence-corrected chi connectivity index (χ4v) is 1.44. The predicted octanol–water partition coefficient (Wildman–Crippen LogP) is 1.95. The quantitative estimate of drug-likeness (QED) is 0.834. The molecule has 3 nitrogen and oxygen atoms in total. The lowest BCUT2D eigenvalue weighted by Crippen LogP contribution is -2.25. The smallest absolute Gasteiger partial charge is 0.251 e. The van der Waals surface area contributed by atoms with Crippen LogP contribution in [-0.2, 0) is 0 Å². The van der Waals surface area contributed by atoms with Crippen LogP contribution in [0.5, 0.6) is 0 Å². The van der Waals surface area contributed by atoms with E-state index in [9.17, 15) is 4.79 Å². The summed E-state index contributed by atoms with van der Waals surface area (Å²) in [6.45, 7) is 1.22. The molecular formula is C10H14BrClN2O. The third-order valence-corrected chi connectivity index (χ3v) is 2.25. The van der Waals surface area contributed by atoms with Crippen molar-refractivity contribution in [1.82, 2.24) is 5.32 Å². The van der Waals surface area contributed by atoms with Gasteiger partial charge in [0.1, 0.15) is 0 Å². The van der Waals surface area contributed by atoms with E-state index in [1.807, 2.05) is 12.1 Å². The van der Waals surface area contributed by atoms with Crippen molar-refractivity contribution >= 4 is 34.2 Å². The van der Waals surface area contributed by atoms with Gasteiger partial charge in [-0.2, -0.15) is 0 Å². The molecule has 0 bridgehead atoms. The van der Waals surface area contributed by atoms with E-state index in [0.717, 1.165) is 10.9 Å². The summed E-state index contributed by atoms with van der Waals surface area (Å²) >= 11 is 3.31. The van der Waals surface area contributed by atoms with Crippen molar-refractivity contribution in [1.29, 1.82) is 0 Å². The molecule has 1 amide bonds. The molecule has 15 heavy (non-hydrogen) atoms. The molecule has 84 valence electrons. The Morgan fingerprint density at radius 3 is 2.80 bits per heavy atom. The largest absolute Gasteiger partial charge is 0.352 e. The van der Waals surface area contributed by atoms with Gasteiger partial charge in [0.25, 0.3) is 5.91 Å². The summed E-state index contributed by atoms with van der Waals surface area (Å²) in [5.74, 6) is -0.0558. The molecule has 0 atom stereocenters. The Labute approximate surface area is 104 Å². The van der Waals surface area contributed by atoms with Crippen LogP contribution in [-0.4, -0.2) is 19.0 Å². The van der Waals surface area contributed by atoms with Gasteiger partial charge >= 0.3 is 0 Å². The molecule has 0 spiro atoms. The number of rotatable bonds is 4. The second-order valence-corrected chi connectivity index (χ2v) is 3.82. The fourth-order valence-electron chi connectivity index (χ4n) is 1.04. The number of hydrogen-bond acceptors (Lipinski definition) is 2. The van der Waals surface area contributed by atoms with Crippen molar-refractivity contribution < 1.29 is 4.79 Å². The molecule has 1 aromatic carbocycles. The van der Waals surface area contributed by atoms with Gasteiger partial charge < -0.3 is 11.1 Å². The van der Waals surface area contributed by atoms with Crippen LogP contribution in [0.3, 0.4) is 0 Å². The number of benzene rings is 1. The second-order valence-electron chi connectivity index (χ2n) is 2.91. The summed E-state index contributed by atoms with van der Waals surface area (Å²) in [6, 6.07) is 7.29. The molecule has 5 heteroatoms. The average Bonchev–Trinajstić information content (AvgIpc) is 2.18. The van der Waals surface area contributed by atoms with Gasteiger partial charge in [-0.05, 0) is 31.2 Å². The molecule has 0 radical (unpaired) electrons. The topological polar surface area (TPSA) is 55.1 Å². The van der Waals surface area contributed by atoms with Gasteiger partial charge in [0.15, 0.2) is 0 Å². The lowest BCUT2D eigenvalue weighted by molar-refractivity contribution is 0.0953. The molecule has 3 N–H and O–H groups in total. The van der Waals surface area contributed by atoms with E-state index in [0.29, 0.717) is 18.7 Å². The van der Waals surface area contributed by atoms with Crippen LogP contribution < -0.4 is 11.1 Å². The minimum absolute atomic E-state index is 0. The van der Waals surface area contributed by atoms with Gasteiger partial charge in [0.05, 0.1) is 0 Å². The van der Waals surface area contributed by atoms with E-state index < -0.39 is 0 Å². The van der Waals surface area contributed by atoms with Crippen LogP contribution in [0, 0.1) is 0 Å². The molecular weight excluding hydrogens is 279 g/mol. The van der Waals surface area contributed by atoms with Gasteiger partial charge in [0, 0.05) is 16.6 Å². The zero-order valence-electron chi connectivity index (χ0n) is 8.20. The highest BCUT2D eigenvalue weighted by Gasteiger charge is 2.03. The maximum atomic E-state index is 11.5. The van der Waals surface area contributed by atoms with E-state index in [-0.39, 0.29) is 18.3 Å². The molecule has 0 aliphatic rings. The first-order valence-electron chi connectivity index (χ1n) is 4.48. The number of nitrogens with two attached hydrogens (primary N) is 1. The Balaban J connectivity index is 0.00000196. The number of carbonyl (C=O) groups excluding carboxylic acids is 1. The lowest BCUT2D eigenvalue weighted by atomic mass is 10.2. The van der Waals surface area contributed by atoms with Crippen LogP contribution in [0.2, 0.25) is 0 Å².